The number of benzene rings is 1. The Morgan fingerprint density at radius 1 is 1.22 bits per heavy atom. The van der Waals surface area contributed by atoms with Gasteiger partial charge in [0.1, 0.15) is 5.57 Å². The fourth-order valence-corrected chi connectivity index (χ4v) is 2.16. The first-order valence-corrected chi connectivity index (χ1v) is 7.12. The van der Waals surface area contributed by atoms with Crippen molar-refractivity contribution in [1.82, 2.24) is 0 Å². The standard InChI is InChI=1S/C16H18O7/c1-4-21-14(17)11-9-10-7-6-8-12(20-3)13(10)23-16(11,19)15(18)22-5-2/h6-9,19H,4-5H2,1-3H3. The molecule has 0 fully saturated rings. The lowest BCUT2D eigenvalue weighted by atomic mass is 9.98. The lowest BCUT2D eigenvalue weighted by Gasteiger charge is -2.32. The number of hydrogen-bond acceptors (Lipinski definition) is 7. The third kappa shape index (κ3) is 3.00. The molecule has 0 bridgehead atoms. The van der Waals surface area contributed by atoms with Gasteiger partial charge in [-0.05, 0) is 26.0 Å². The molecule has 124 valence electrons. The van der Waals surface area contributed by atoms with Gasteiger partial charge in [0.2, 0.25) is 0 Å². The quantitative estimate of drug-likeness (QED) is 0.817. The van der Waals surface area contributed by atoms with E-state index in [9.17, 15) is 14.7 Å². The minimum absolute atomic E-state index is 0.0133. The van der Waals surface area contributed by atoms with Crippen LogP contribution in [0.2, 0.25) is 0 Å². The summed E-state index contributed by atoms with van der Waals surface area (Å²) in [6.45, 7) is 3.29. The summed E-state index contributed by atoms with van der Waals surface area (Å²) in [5, 5.41) is 10.7. The van der Waals surface area contributed by atoms with Crippen molar-refractivity contribution < 1.29 is 33.6 Å². The van der Waals surface area contributed by atoms with E-state index in [-0.39, 0.29) is 24.5 Å². The monoisotopic (exact) mass is 322 g/mol. The van der Waals surface area contributed by atoms with Crippen LogP contribution in [0.15, 0.2) is 23.8 Å². The van der Waals surface area contributed by atoms with Crippen molar-refractivity contribution in [2.24, 2.45) is 0 Å². The molecule has 2 rings (SSSR count). The summed E-state index contributed by atoms with van der Waals surface area (Å²) in [6.07, 6.45) is 1.33. The zero-order chi connectivity index (χ0) is 17.0. The summed E-state index contributed by atoms with van der Waals surface area (Å²) >= 11 is 0. The van der Waals surface area contributed by atoms with Gasteiger partial charge in [-0.25, -0.2) is 9.59 Å². The van der Waals surface area contributed by atoms with Crippen molar-refractivity contribution in [3.63, 3.8) is 0 Å². The molecular formula is C16H18O7. The fourth-order valence-electron chi connectivity index (χ4n) is 2.16. The smallest absolute Gasteiger partial charge is 0.385 e. The van der Waals surface area contributed by atoms with Crippen LogP contribution in [0.4, 0.5) is 0 Å². The number of methoxy groups -OCH3 is 1. The molecule has 1 aliphatic rings. The van der Waals surface area contributed by atoms with Crippen LogP contribution in [0.3, 0.4) is 0 Å². The van der Waals surface area contributed by atoms with E-state index in [1.807, 2.05) is 0 Å². The zero-order valence-electron chi connectivity index (χ0n) is 13.1. The molecule has 1 heterocycles. The highest BCUT2D eigenvalue weighted by atomic mass is 16.7. The molecule has 1 aliphatic heterocycles. The van der Waals surface area contributed by atoms with Crippen LogP contribution in [0.25, 0.3) is 6.08 Å². The SMILES string of the molecule is CCOC(=O)C1=Cc2cccc(OC)c2OC1(O)C(=O)OCC. The molecule has 0 aliphatic carbocycles. The average molecular weight is 322 g/mol. The Labute approximate surface area is 133 Å². The highest BCUT2D eigenvalue weighted by molar-refractivity contribution is 6.04. The Bertz CT molecular complexity index is 650. The summed E-state index contributed by atoms with van der Waals surface area (Å²) in [5.74, 6) is -4.11. The Balaban J connectivity index is 2.57. The molecule has 0 amide bonds. The Kier molecular flexibility index (Phi) is 4.90. The van der Waals surface area contributed by atoms with E-state index in [4.69, 9.17) is 18.9 Å². The van der Waals surface area contributed by atoms with Gasteiger partial charge < -0.3 is 24.1 Å². The van der Waals surface area contributed by atoms with Crippen molar-refractivity contribution in [3.8, 4) is 11.5 Å². The van der Waals surface area contributed by atoms with Gasteiger partial charge >= 0.3 is 17.7 Å². The highest BCUT2D eigenvalue weighted by Gasteiger charge is 2.51. The Morgan fingerprint density at radius 2 is 1.91 bits per heavy atom. The van der Waals surface area contributed by atoms with Gasteiger partial charge in [-0.2, -0.15) is 0 Å². The molecule has 1 unspecified atom stereocenters. The molecule has 1 aromatic rings. The maximum Gasteiger partial charge on any atom is 0.385 e. The van der Waals surface area contributed by atoms with E-state index in [0.29, 0.717) is 11.3 Å². The first kappa shape index (κ1) is 16.8. The normalized spacial score (nSPS) is 19.0. The van der Waals surface area contributed by atoms with Gasteiger partial charge in [0.25, 0.3) is 0 Å². The van der Waals surface area contributed by atoms with E-state index < -0.39 is 17.7 Å². The van der Waals surface area contributed by atoms with E-state index in [1.54, 1.807) is 32.0 Å². The fraction of sp³-hybridized carbons (Fsp3) is 0.375. The average Bonchev–Trinajstić information content (AvgIpc) is 2.54. The number of carbonyl (C=O) groups is 2. The van der Waals surface area contributed by atoms with Gasteiger partial charge in [0.15, 0.2) is 11.5 Å². The van der Waals surface area contributed by atoms with E-state index >= 15 is 0 Å². The number of aliphatic hydroxyl groups is 1. The third-order valence-corrected chi connectivity index (χ3v) is 3.19. The molecule has 0 aromatic heterocycles. The Morgan fingerprint density at radius 3 is 2.52 bits per heavy atom. The van der Waals surface area contributed by atoms with Crippen LogP contribution in [0.1, 0.15) is 19.4 Å². The number of fused-ring (bicyclic) bond motifs is 1. The molecular weight excluding hydrogens is 304 g/mol. The molecule has 0 radical (unpaired) electrons. The number of ether oxygens (including phenoxy) is 4. The molecule has 7 nitrogen and oxygen atoms in total. The molecule has 23 heavy (non-hydrogen) atoms. The predicted octanol–water partition coefficient (Wildman–Crippen LogP) is 1.29. The van der Waals surface area contributed by atoms with Crippen LogP contribution in [-0.2, 0) is 19.1 Å². The number of hydrogen-bond donors (Lipinski definition) is 1. The largest absolute Gasteiger partial charge is 0.493 e. The van der Waals surface area contributed by atoms with Crippen LogP contribution in [-0.4, -0.2) is 43.2 Å². The first-order chi connectivity index (χ1) is 11.0. The summed E-state index contributed by atoms with van der Waals surface area (Å²) < 4.78 is 20.3. The zero-order valence-corrected chi connectivity index (χ0v) is 13.1. The van der Waals surface area contributed by atoms with Gasteiger partial charge in [0, 0.05) is 5.56 Å². The minimum atomic E-state index is -2.59. The van der Waals surface area contributed by atoms with Crippen LogP contribution in [0.5, 0.6) is 11.5 Å². The molecule has 1 N–H and O–H groups in total. The second kappa shape index (κ2) is 6.70. The summed E-state index contributed by atoms with van der Waals surface area (Å²) in [7, 11) is 1.42. The third-order valence-electron chi connectivity index (χ3n) is 3.19. The summed E-state index contributed by atoms with van der Waals surface area (Å²) in [4.78, 5) is 24.3. The number of esters is 2. The lowest BCUT2D eigenvalue weighted by Crippen LogP contribution is -2.51. The lowest BCUT2D eigenvalue weighted by molar-refractivity contribution is -0.192. The van der Waals surface area contributed by atoms with Gasteiger partial charge in [-0.3, -0.25) is 0 Å². The van der Waals surface area contributed by atoms with Crippen LogP contribution in [0, 0.1) is 0 Å². The summed E-state index contributed by atoms with van der Waals surface area (Å²) in [6, 6.07) is 4.95. The molecule has 1 atom stereocenters. The highest BCUT2D eigenvalue weighted by Crippen LogP contribution is 2.41. The molecule has 0 saturated heterocycles. The maximum absolute atomic E-state index is 12.2. The van der Waals surface area contributed by atoms with E-state index in [0.717, 1.165) is 0 Å². The number of para-hydroxylation sites is 1. The number of rotatable bonds is 5. The maximum atomic E-state index is 12.2. The first-order valence-electron chi connectivity index (χ1n) is 7.12. The van der Waals surface area contributed by atoms with Gasteiger partial charge in [-0.1, -0.05) is 12.1 Å². The molecule has 0 saturated carbocycles. The van der Waals surface area contributed by atoms with E-state index in [1.165, 1.54) is 13.2 Å². The molecule has 1 aromatic carbocycles. The Hall–Kier alpha value is -2.54. The second-order valence-electron chi connectivity index (χ2n) is 4.62. The van der Waals surface area contributed by atoms with Gasteiger partial charge in [-0.15, -0.1) is 0 Å². The molecule has 7 heteroatoms. The van der Waals surface area contributed by atoms with E-state index in [2.05, 4.69) is 0 Å². The van der Waals surface area contributed by atoms with Crippen molar-refractivity contribution in [2.45, 2.75) is 19.6 Å². The van der Waals surface area contributed by atoms with Crippen LogP contribution < -0.4 is 9.47 Å². The van der Waals surface area contributed by atoms with Crippen molar-refractivity contribution >= 4 is 18.0 Å². The van der Waals surface area contributed by atoms with Gasteiger partial charge in [0.05, 0.1) is 20.3 Å². The number of carbonyl (C=O) groups excluding carboxylic acids is 2. The van der Waals surface area contributed by atoms with Crippen molar-refractivity contribution in [1.29, 1.82) is 0 Å². The predicted molar refractivity (Wildman–Crippen MR) is 79.8 cm³/mol. The summed E-state index contributed by atoms with van der Waals surface area (Å²) in [5.41, 5.74) is 0.125. The minimum Gasteiger partial charge on any atom is -0.493 e. The molecule has 0 spiro atoms. The van der Waals surface area contributed by atoms with Crippen molar-refractivity contribution in [3.05, 3.63) is 29.3 Å². The second-order valence-corrected chi connectivity index (χ2v) is 4.62. The topological polar surface area (TPSA) is 91.3 Å². The van der Waals surface area contributed by atoms with Crippen molar-refractivity contribution in [2.75, 3.05) is 20.3 Å². The van der Waals surface area contributed by atoms with Crippen LogP contribution >= 0.6 is 0 Å².